The lowest BCUT2D eigenvalue weighted by Gasteiger charge is -2.13. The second kappa shape index (κ2) is 8.81. The molecule has 8 nitrogen and oxygen atoms in total. The highest BCUT2D eigenvalue weighted by atomic mass is 32.1. The van der Waals surface area contributed by atoms with Crippen molar-refractivity contribution < 1.29 is 29.0 Å². The molecule has 0 aliphatic rings. The van der Waals surface area contributed by atoms with Gasteiger partial charge in [0.25, 0.3) is 0 Å². The average molecular weight is 422 g/mol. The van der Waals surface area contributed by atoms with E-state index in [0.29, 0.717) is 16.3 Å². The third-order valence-electron chi connectivity index (χ3n) is 3.87. The first-order valence-electron chi connectivity index (χ1n) is 7.91. The summed E-state index contributed by atoms with van der Waals surface area (Å²) in [4.78, 5) is 35.5. The molecule has 28 heavy (non-hydrogen) atoms. The monoisotopic (exact) mass is 422 g/mol. The van der Waals surface area contributed by atoms with Crippen molar-refractivity contribution in [3.8, 4) is 0 Å². The van der Waals surface area contributed by atoms with Crippen molar-refractivity contribution in [2.75, 3.05) is 24.9 Å². The maximum Gasteiger partial charge on any atom is 0.348 e. The van der Waals surface area contributed by atoms with Gasteiger partial charge in [-0.15, -0.1) is 11.3 Å². The first kappa shape index (κ1) is 21.3. The molecule has 0 saturated carbocycles. The molecule has 0 atom stereocenters. The molecule has 2 rings (SSSR count). The zero-order chi connectivity index (χ0) is 21.0. The molecule has 0 spiro atoms. The van der Waals surface area contributed by atoms with Crippen LogP contribution in [0.4, 0.5) is 10.7 Å². The number of carboxylic acids is 1. The quantitative estimate of drug-likeness (QED) is 0.492. The number of carbonyl (C=O) groups excluding carboxylic acids is 2. The maximum atomic E-state index is 12.2. The van der Waals surface area contributed by atoms with Crippen LogP contribution in [0.2, 0.25) is 0 Å². The zero-order valence-electron chi connectivity index (χ0n) is 15.5. The summed E-state index contributed by atoms with van der Waals surface area (Å²) in [5.41, 5.74) is 1.97. The number of methoxy groups -OCH3 is 2. The highest BCUT2D eigenvalue weighted by Crippen LogP contribution is 2.34. The fraction of sp³-hybridized carbons (Fsp3) is 0.222. The molecule has 2 aromatic rings. The number of rotatable bonds is 5. The fourth-order valence-electron chi connectivity index (χ4n) is 2.38. The van der Waals surface area contributed by atoms with Gasteiger partial charge < -0.3 is 25.2 Å². The van der Waals surface area contributed by atoms with Crippen LogP contribution >= 0.6 is 23.6 Å². The van der Waals surface area contributed by atoms with Gasteiger partial charge in [-0.05, 0) is 49.3 Å². The largest absolute Gasteiger partial charge is 0.478 e. The van der Waals surface area contributed by atoms with Crippen LogP contribution < -0.4 is 10.6 Å². The number of carbonyl (C=O) groups is 3. The molecular formula is C18H18N2O6S2. The number of aromatic carboxylic acids is 1. The van der Waals surface area contributed by atoms with Crippen LogP contribution in [0.15, 0.2) is 18.2 Å². The molecule has 0 bridgehead atoms. The topological polar surface area (TPSA) is 114 Å². The Hall–Kier alpha value is -2.98. The third kappa shape index (κ3) is 4.46. The molecule has 0 saturated heterocycles. The van der Waals surface area contributed by atoms with E-state index in [9.17, 15) is 14.4 Å². The molecule has 0 unspecified atom stereocenters. The summed E-state index contributed by atoms with van der Waals surface area (Å²) in [7, 11) is 2.48. The minimum absolute atomic E-state index is 0.103. The molecular weight excluding hydrogens is 404 g/mol. The van der Waals surface area contributed by atoms with Gasteiger partial charge in [0.05, 0.1) is 25.3 Å². The normalized spacial score (nSPS) is 10.1. The first-order valence-corrected chi connectivity index (χ1v) is 9.14. The van der Waals surface area contributed by atoms with Crippen LogP contribution in [-0.2, 0) is 9.47 Å². The Labute approximate surface area is 170 Å². The van der Waals surface area contributed by atoms with Crippen molar-refractivity contribution in [2.45, 2.75) is 13.8 Å². The molecule has 148 valence electrons. The van der Waals surface area contributed by atoms with Gasteiger partial charge in [0.15, 0.2) is 5.11 Å². The summed E-state index contributed by atoms with van der Waals surface area (Å²) in [5.74, 6) is -2.27. The molecule has 0 aliphatic carbocycles. The van der Waals surface area contributed by atoms with Gasteiger partial charge >= 0.3 is 17.9 Å². The van der Waals surface area contributed by atoms with Gasteiger partial charge in [-0.2, -0.15) is 0 Å². The Balaban J connectivity index is 2.33. The lowest BCUT2D eigenvalue weighted by molar-refractivity contribution is 0.0600. The summed E-state index contributed by atoms with van der Waals surface area (Å²) >= 11 is 6.29. The number of thiocarbonyl (C=S) groups is 1. The number of nitrogens with one attached hydrogen (secondary N) is 2. The number of hydrogen-bond donors (Lipinski definition) is 3. The zero-order valence-corrected chi connectivity index (χ0v) is 17.2. The molecule has 1 aromatic heterocycles. The van der Waals surface area contributed by atoms with E-state index in [1.807, 2.05) is 0 Å². The number of aryl methyl sites for hydroxylation is 1. The smallest absolute Gasteiger partial charge is 0.348 e. The Kier molecular flexibility index (Phi) is 6.71. The highest BCUT2D eigenvalue weighted by Gasteiger charge is 2.26. The SMILES string of the molecule is COC(=O)c1sc(NC(=S)Nc2cc(C(=O)O)ccc2C)c(C(=O)OC)c1C. The van der Waals surface area contributed by atoms with Crippen molar-refractivity contribution >= 4 is 57.3 Å². The summed E-state index contributed by atoms with van der Waals surface area (Å²) in [6.45, 7) is 3.40. The maximum absolute atomic E-state index is 12.2. The average Bonchev–Trinajstić information content (AvgIpc) is 2.97. The van der Waals surface area contributed by atoms with E-state index in [2.05, 4.69) is 10.6 Å². The second-order valence-corrected chi connectivity index (χ2v) is 7.09. The first-order chi connectivity index (χ1) is 13.2. The van der Waals surface area contributed by atoms with Crippen LogP contribution in [0.25, 0.3) is 0 Å². The number of anilines is 2. The minimum atomic E-state index is -1.06. The van der Waals surface area contributed by atoms with Crippen LogP contribution in [-0.4, -0.2) is 42.3 Å². The predicted molar refractivity (Wildman–Crippen MR) is 110 cm³/mol. The fourth-order valence-corrected chi connectivity index (χ4v) is 3.78. The van der Waals surface area contributed by atoms with Gasteiger partial charge in [0.2, 0.25) is 0 Å². The number of hydrogen-bond acceptors (Lipinski definition) is 7. The lowest BCUT2D eigenvalue weighted by Crippen LogP contribution is -2.21. The number of benzene rings is 1. The van der Waals surface area contributed by atoms with Gasteiger partial charge in [0, 0.05) is 5.69 Å². The predicted octanol–water partition coefficient (Wildman–Crippen LogP) is 3.45. The van der Waals surface area contributed by atoms with E-state index in [4.69, 9.17) is 26.8 Å². The Bertz CT molecular complexity index is 967. The van der Waals surface area contributed by atoms with E-state index < -0.39 is 17.9 Å². The third-order valence-corrected chi connectivity index (χ3v) is 5.26. The van der Waals surface area contributed by atoms with Crippen LogP contribution in [0.1, 0.15) is 41.5 Å². The number of ether oxygens (including phenoxy) is 2. The van der Waals surface area contributed by atoms with E-state index in [1.54, 1.807) is 19.9 Å². The second-order valence-electron chi connectivity index (χ2n) is 5.66. The van der Waals surface area contributed by atoms with Crippen molar-refractivity contribution in [3.63, 3.8) is 0 Å². The molecule has 3 N–H and O–H groups in total. The number of thiophene rings is 1. The van der Waals surface area contributed by atoms with E-state index >= 15 is 0 Å². The van der Waals surface area contributed by atoms with Crippen LogP contribution in [0.5, 0.6) is 0 Å². The molecule has 1 heterocycles. The Morgan fingerprint density at radius 3 is 2.29 bits per heavy atom. The number of esters is 2. The van der Waals surface area contributed by atoms with E-state index in [-0.39, 0.29) is 21.1 Å². The Morgan fingerprint density at radius 1 is 1.07 bits per heavy atom. The van der Waals surface area contributed by atoms with Crippen LogP contribution in [0.3, 0.4) is 0 Å². The van der Waals surface area contributed by atoms with Crippen molar-refractivity contribution in [1.29, 1.82) is 0 Å². The van der Waals surface area contributed by atoms with Gasteiger partial charge in [0.1, 0.15) is 9.88 Å². The highest BCUT2D eigenvalue weighted by molar-refractivity contribution is 7.80. The standard InChI is InChI=1S/C18H18N2O6S2/c1-8-5-6-10(15(21)22)7-11(8)19-18(27)20-14-12(16(23)25-3)9(2)13(28-14)17(24)26-4/h5-7H,1-4H3,(H,21,22)(H2,19,20,27). The van der Waals surface area contributed by atoms with Gasteiger partial charge in [-0.25, -0.2) is 14.4 Å². The van der Waals surface area contributed by atoms with E-state index in [1.165, 1.54) is 26.4 Å². The summed E-state index contributed by atoms with van der Waals surface area (Å²) in [6.07, 6.45) is 0. The van der Waals surface area contributed by atoms with Gasteiger partial charge in [-0.1, -0.05) is 6.07 Å². The summed E-state index contributed by atoms with van der Waals surface area (Å²) in [6, 6.07) is 4.59. The van der Waals surface area contributed by atoms with Crippen molar-refractivity contribution in [2.24, 2.45) is 0 Å². The van der Waals surface area contributed by atoms with E-state index in [0.717, 1.165) is 16.9 Å². The molecule has 0 amide bonds. The number of carboxylic acid groups (broad SMARTS) is 1. The molecule has 10 heteroatoms. The minimum Gasteiger partial charge on any atom is -0.478 e. The van der Waals surface area contributed by atoms with Crippen LogP contribution in [0, 0.1) is 13.8 Å². The lowest BCUT2D eigenvalue weighted by atomic mass is 10.1. The van der Waals surface area contributed by atoms with Crippen molar-refractivity contribution in [3.05, 3.63) is 45.3 Å². The Morgan fingerprint density at radius 2 is 1.71 bits per heavy atom. The molecule has 0 fully saturated rings. The molecule has 1 aromatic carbocycles. The van der Waals surface area contributed by atoms with Gasteiger partial charge in [-0.3, -0.25) is 0 Å². The summed E-state index contributed by atoms with van der Waals surface area (Å²) in [5, 5.41) is 15.3. The molecule has 0 aliphatic heterocycles. The molecule has 0 radical (unpaired) electrons. The summed E-state index contributed by atoms with van der Waals surface area (Å²) < 4.78 is 9.53. The van der Waals surface area contributed by atoms with Crippen molar-refractivity contribution in [1.82, 2.24) is 0 Å².